The smallest absolute Gasteiger partial charge is 0.338 e. The highest BCUT2D eigenvalue weighted by Crippen LogP contribution is 2.54. The van der Waals surface area contributed by atoms with Gasteiger partial charge in [0, 0.05) is 6.08 Å². The number of allylic oxidation sites excluding steroid dienone is 5. The van der Waals surface area contributed by atoms with Gasteiger partial charge in [-0.3, -0.25) is 0 Å². The predicted octanol–water partition coefficient (Wildman–Crippen LogP) is 6.79. The normalized spacial score (nSPS) is 31.9. The highest BCUT2D eigenvalue weighted by Gasteiger charge is 2.50. The molecule has 4 heteroatoms. The summed E-state index contributed by atoms with van der Waals surface area (Å²) in [5, 5.41) is 0. The molecular formula is C30H40O4. The van der Waals surface area contributed by atoms with Crippen molar-refractivity contribution in [3.63, 3.8) is 0 Å². The molecule has 0 aliphatic heterocycles. The zero-order chi connectivity index (χ0) is 24.7. The minimum Gasteiger partial charge on any atom is -0.463 e. The highest BCUT2D eigenvalue weighted by molar-refractivity contribution is 5.89. The Morgan fingerprint density at radius 1 is 1.06 bits per heavy atom. The monoisotopic (exact) mass is 464 g/mol. The van der Waals surface area contributed by atoms with E-state index >= 15 is 0 Å². The fourth-order valence-corrected chi connectivity index (χ4v) is 6.31. The molecular weight excluding hydrogens is 424 g/mol. The van der Waals surface area contributed by atoms with Gasteiger partial charge in [0.2, 0.25) is 0 Å². The lowest BCUT2D eigenvalue weighted by Gasteiger charge is -2.53. The van der Waals surface area contributed by atoms with Crippen LogP contribution in [0.4, 0.5) is 0 Å². The molecule has 2 aliphatic carbocycles. The number of fused-ring (bicyclic) bond motifs is 1. The lowest BCUT2D eigenvalue weighted by Crippen LogP contribution is -2.50. The Bertz CT molecular complexity index is 913. The van der Waals surface area contributed by atoms with Gasteiger partial charge in [-0.15, -0.1) is 0 Å². The van der Waals surface area contributed by atoms with Crippen LogP contribution in [0.25, 0.3) is 0 Å². The van der Waals surface area contributed by atoms with Crippen molar-refractivity contribution in [2.45, 2.75) is 60.0 Å². The summed E-state index contributed by atoms with van der Waals surface area (Å²) in [5.74, 6) is 1.99. The largest absolute Gasteiger partial charge is 0.463 e. The Morgan fingerprint density at radius 2 is 1.79 bits per heavy atom. The summed E-state index contributed by atoms with van der Waals surface area (Å²) in [6, 6.07) is 9.30. The standard InChI is InChI=1S/C30H40O4/c1-6-20(3)28-22(5)19-25-26(34-30(32)23-13-9-8-10-14-23)18-17-21(4)29(25)24(28)15-11-12-16-27(31)33-7-2/h6,8-16,21-22,24-26,28-29H,7,17-19H2,1-5H3/b15-11+,16-12+,20-6+/t21-,22-,24+,25-,26-,28+,29-/m0/s1. The third-order valence-corrected chi connectivity index (χ3v) is 7.86. The molecule has 0 unspecified atom stereocenters. The van der Waals surface area contributed by atoms with E-state index in [0.29, 0.717) is 47.7 Å². The Kier molecular flexibility index (Phi) is 9.32. The van der Waals surface area contributed by atoms with Gasteiger partial charge in [-0.25, -0.2) is 9.59 Å². The molecule has 0 spiro atoms. The van der Waals surface area contributed by atoms with E-state index < -0.39 is 0 Å². The van der Waals surface area contributed by atoms with E-state index in [2.05, 4.69) is 39.8 Å². The van der Waals surface area contributed by atoms with Crippen molar-refractivity contribution >= 4 is 11.9 Å². The summed E-state index contributed by atoms with van der Waals surface area (Å²) in [7, 11) is 0. The quantitative estimate of drug-likeness (QED) is 0.193. The minimum absolute atomic E-state index is 0.0609. The number of hydrogen-bond donors (Lipinski definition) is 0. The summed E-state index contributed by atoms with van der Waals surface area (Å²) in [5.41, 5.74) is 2.02. The molecule has 0 bridgehead atoms. The van der Waals surface area contributed by atoms with Crippen LogP contribution in [0.5, 0.6) is 0 Å². The number of hydrogen-bond acceptors (Lipinski definition) is 4. The third kappa shape index (κ3) is 6.08. The summed E-state index contributed by atoms with van der Waals surface area (Å²) >= 11 is 0. The van der Waals surface area contributed by atoms with Crippen LogP contribution in [0.15, 0.2) is 66.3 Å². The van der Waals surface area contributed by atoms with Crippen molar-refractivity contribution in [2.24, 2.45) is 35.5 Å². The summed E-state index contributed by atoms with van der Waals surface area (Å²) in [6.07, 6.45) is 12.7. The molecule has 7 atom stereocenters. The number of ether oxygens (including phenoxy) is 2. The molecule has 3 rings (SSSR count). The average Bonchev–Trinajstić information content (AvgIpc) is 2.83. The van der Waals surface area contributed by atoms with Gasteiger partial charge in [0.05, 0.1) is 12.2 Å². The molecule has 0 amide bonds. The molecule has 0 saturated heterocycles. The van der Waals surface area contributed by atoms with E-state index in [1.54, 1.807) is 13.0 Å². The van der Waals surface area contributed by atoms with Gasteiger partial charge in [0.25, 0.3) is 0 Å². The van der Waals surface area contributed by atoms with Crippen LogP contribution in [0.3, 0.4) is 0 Å². The first kappa shape index (κ1) is 26.0. The first-order chi connectivity index (χ1) is 16.4. The van der Waals surface area contributed by atoms with Crippen molar-refractivity contribution < 1.29 is 19.1 Å². The van der Waals surface area contributed by atoms with E-state index in [-0.39, 0.29) is 18.0 Å². The van der Waals surface area contributed by atoms with E-state index in [1.807, 2.05) is 36.4 Å². The van der Waals surface area contributed by atoms with Crippen molar-refractivity contribution in [1.29, 1.82) is 0 Å². The van der Waals surface area contributed by atoms with Gasteiger partial charge < -0.3 is 9.47 Å². The molecule has 184 valence electrons. The van der Waals surface area contributed by atoms with Crippen molar-refractivity contribution in [3.8, 4) is 0 Å². The molecule has 1 aromatic carbocycles. The maximum absolute atomic E-state index is 12.9. The highest BCUT2D eigenvalue weighted by atomic mass is 16.5. The van der Waals surface area contributed by atoms with Crippen LogP contribution < -0.4 is 0 Å². The molecule has 0 heterocycles. The van der Waals surface area contributed by atoms with Crippen molar-refractivity contribution in [2.75, 3.05) is 6.61 Å². The number of esters is 2. The van der Waals surface area contributed by atoms with E-state index in [0.717, 1.165) is 19.3 Å². The molecule has 0 aromatic heterocycles. The molecule has 0 radical (unpaired) electrons. The number of carbonyl (C=O) groups excluding carboxylic acids is 2. The van der Waals surface area contributed by atoms with Crippen molar-refractivity contribution in [1.82, 2.24) is 0 Å². The van der Waals surface area contributed by atoms with E-state index in [9.17, 15) is 9.59 Å². The maximum atomic E-state index is 12.9. The maximum Gasteiger partial charge on any atom is 0.338 e. The van der Waals surface area contributed by atoms with E-state index in [1.165, 1.54) is 11.6 Å². The van der Waals surface area contributed by atoms with Gasteiger partial charge in [0.1, 0.15) is 6.10 Å². The van der Waals surface area contributed by atoms with Crippen LogP contribution in [0.2, 0.25) is 0 Å². The first-order valence-corrected chi connectivity index (χ1v) is 12.8. The van der Waals surface area contributed by atoms with Gasteiger partial charge in [-0.05, 0) is 87.7 Å². The van der Waals surface area contributed by atoms with Gasteiger partial charge in [0.15, 0.2) is 0 Å². The molecule has 2 aliphatic rings. The van der Waals surface area contributed by atoms with Crippen LogP contribution in [-0.4, -0.2) is 24.6 Å². The Labute approximate surface area is 205 Å². The van der Waals surface area contributed by atoms with Crippen LogP contribution in [0, 0.1) is 35.5 Å². The number of carbonyl (C=O) groups is 2. The summed E-state index contributed by atoms with van der Waals surface area (Å²) < 4.78 is 11.1. The zero-order valence-corrected chi connectivity index (χ0v) is 21.3. The van der Waals surface area contributed by atoms with Crippen LogP contribution in [-0.2, 0) is 14.3 Å². The molecule has 4 nitrogen and oxygen atoms in total. The number of rotatable bonds is 7. The average molecular weight is 465 g/mol. The van der Waals surface area contributed by atoms with Gasteiger partial charge >= 0.3 is 11.9 Å². The molecule has 2 saturated carbocycles. The molecule has 0 N–H and O–H groups in total. The second kappa shape index (κ2) is 12.2. The summed E-state index contributed by atoms with van der Waals surface area (Å²) in [6.45, 7) is 11.2. The Balaban J connectivity index is 1.87. The van der Waals surface area contributed by atoms with Gasteiger partial charge in [-0.2, -0.15) is 0 Å². The lowest BCUT2D eigenvalue weighted by molar-refractivity contribution is -0.137. The zero-order valence-electron chi connectivity index (χ0n) is 21.3. The Morgan fingerprint density at radius 3 is 2.47 bits per heavy atom. The van der Waals surface area contributed by atoms with Crippen LogP contribution >= 0.6 is 0 Å². The second-order valence-electron chi connectivity index (χ2n) is 9.95. The van der Waals surface area contributed by atoms with E-state index in [4.69, 9.17) is 9.47 Å². The fraction of sp³-hybridized carbons (Fsp3) is 0.533. The SMILES string of the molecule is C/C=C(\C)[C@H]1[C@@H](/C=C/C=C/C(=O)OCC)[C@H]2[C@@H](C[C@@H]1C)[C@@H](OC(=O)c1ccccc1)CC[C@@H]2C. The first-order valence-electron chi connectivity index (χ1n) is 12.8. The predicted molar refractivity (Wildman–Crippen MR) is 136 cm³/mol. The fourth-order valence-electron chi connectivity index (χ4n) is 6.31. The van der Waals surface area contributed by atoms with Crippen molar-refractivity contribution in [3.05, 3.63) is 71.8 Å². The molecule has 2 fully saturated rings. The molecule has 1 aromatic rings. The second-order valence-corrected chi connectivity index (χ2v) is 9.95. The summed E-state index contributed by atoms with van der Waals surface area (Å²) in [4.78, 5) is 24.6. The topological polar surface area (TPSA) is 52.6 Å². The number of benzene rings is 1. The molecule has 34 heavy (non-hydrogen) atoms. The lowest BCUT2D eigenvalue weighted by atomic mass is 9.53. The van der Waals surface area contributed by atoms with Crippen LogP contribution in [0.1, 0.15) is 64.2 Å². The van der Waals surface area contributed by atoms with Gasteiger partial charge in [-0.1, -0.05) is 61.9 Å². The minimum atomic E-state index is -0.317. The third-order valence-electron chi connectivity index (χ3n) is 7.86. The Hall–Kier alpha value is -2.62.